The number of unbranched alkanes of at least 4 members (excludes halogenated alkanes) is 1. The van der Waals surface area contributed by atoms with Crippen LogP contribution in [-0.4, -0.2) is 37.1 Å². The van der Waals surface area contributed by atoms with Crippen molar-refractivity contribution >= 4 is 11.3 Å². The van der Waals surface area contributed by atoms with Gasteiger partial charge in [-0.2, -0.15) is 0 Å². The minimum absolute atomic E-state index is 0.175. The van der Waals surface area contributed by atoms with E-state index < -0.39 is 0 Å². The SMILES string of the molecule is CN(C)CCCCNCc1csc(C(C)(C)C)n1. The molecule has 1 aromatic rings. The van der Waals surface area contributed by atoms with E-state index in [1.54, 1.807) is 11.3 Å². The number of hydrogen-bond donors (Lipinski definition) is 1. The molecule has 0 spiro atoms. The summed E-state index contributed by atoms with van der Waals surface area (Å²) in [7, 11) is 4.24. The first kappa shape index (κ1) is 15.6. The molecule has 0 saturated carbocycles. The Bertz CT molecular complexity index is 339. The number of nitrogens with zero attached hydrogens (tertiary/aromatic N) is 2. The highest BCUT2D eigenvalue weighted by molar-refractivity contribution is 7.09. The maximum absolute atomic E-state index is 4.68. The van der Waals surface area contributed by atoms with Gasteiger partial charge in [-0.25, -0.2) is 4.98 Å². The second-order valence-corrected chi connectivity index (χ2v) is 6.94. The van der Waals surface area contributed by atoms with Crippen LogP contribution in [0.2, 0.25) is 0 Å². The summed E-state index contributed by atoms with van der Waals surface area (Å²) in [6, 6.07) is 0. The Balaban J connectivity index is 2.18. The quantitative estimate of drug-likeness (QED) is 0.772. The largest absolute Gasteiger partial charge is 0.311 e. The maximum atomic E-state index is 4.68. The molecule has 0 atom stereocenters. The van der Waals surface area contributed by atoms with Crippen LogP contribution in [0.1, 0.15) is 44.3 Å². The van der Waals surface area contributed by atoms with Crippen molar-refractivity contribution in [2.24, 2.45) is 0 Å². The molecule has 0 bridgehead atoms. The van der Waals surface area contributed by atoms with Gasteiger partial charge in [0.15, 0.2) is 0 Å². The molecule has 104 valence electrons. The van der Waals surface area contributed by atoms with Crippen LogP contribution in [-0.2, 0) is 12.0 Å². The van der Waals surface area contributed by atoms with Crippen molar-refractivity contribution < 1.29 is 0 Å². The second kappa shape index (κ2) is 7.22. The van der Waals surface area contributed by atoms with Crippen LogP contribution < -0.4 is 5.32 Å². The van der Waals surface area contributed by atoms with E-state index in [9.17, 15) is 0 Å². The summed E-state index contributed by atoms with van der Waals surface area (Å²) in [6.07, 6.45) is 2.48. The number of hydrogen-bond acceptors (Lipinski definition) is 4. The molecule has 0 aliphatic carbocycles. The lowest BCUT2D eigenvalue weighted by Gasteiger charge is -2.13. The van der Waals surface area contributed by atoms with Crippen LogP contribution in [0.5, 0.6) is 0 Å². The van der Waals surface area contributed by atoms with Gasteiger partial charge in [-0.1, -0.05) is 20.8 Å². The predicted octanol–water partition coefficient (Wildman–Crippen LogP) is 2.87. The number of aromatic nitrogens is 1. The standard InChI is InChI=1S/C14H27N3S/c1-14(2,3)13-16-12(11-18-13)10-15-8-6-7-9-17(4)5/h11,15H,6-10H2,1-5H3. The molecule has 18 heavy (non-hydrogen) atoms. The van der Waals surface area contributed by atoms with Gasteiger partial charge in [0.1, 0.15) is 0 Å². The summed E-state index contributed by atoms with van der Waals surface area (Å²) in [4.78, 5) is 6.91. The van der Waals surface area contributed by atoms with Crippen LogP contribution in [0.25, 0.3) is 0 Å². The van der Waals surface area contributed by atoms with Gasteiger partial charge in [-0.05, 0) is 40.0 Å². The van der Waals surface area contributed by atoms with E-state index in [1.807, 2.05) is 0 Å². The Morgan fingerprint density at radius 2 is 2.00 bits per heavy atom. The van der Waals surface area contributed by atoms with Gasteiger partial charge in [-0.3, -0.25) is 0 Å². The number of nitrogens with one attached hydrogen (secondary N) is 1. The van der Waals surface area contributed by atoms with Crippen molar-refractivity contribution in [2.75, 3.05) is 27.2 Å². The molecule has 0 amide bonds. The van der Waals surface area contributed by atoms with Gasteiger partial charge in [0.05, 0.1) is 10.7 Å². The summed E-state index contributed by atoms with van der Waals surface area (Å²) in [5, 5.41) is 6.87. The van der Waals surface area contributed by atoms with Crippen LogP contribution in [0.3, 0.4) is 0 Å². The van der Waals surface area contributed by atoms with Crippen molar-refractivity contribution in [3.63, 3.8) is 0 Å². The van der Waals surface area contributed by atoms with Gasteiger partial charge in [0.2, 0.25) is 0 Å². The molecule has 0 unspecified atom stereocenters. The first-order chi connectivity index (χ1) is 8.39. The molecule has 1 N–H and O–H groups in total. The van der Waals surface area contributed by atoms with E-state index in [4.69, 9.17) is 0 Å². The van der Waals surface area contributed by atoms with Gasteiger partial charge in [-0.15, -0.1) is 11.3 Å². The highest BCUT2D eigenvalue weighted by Crippen LogP contribution is 2.25. The molecule has 0 aliphatic rings. The number of thiazole rings is 1. The maximum Gasteiger partial charge on any atom is 0.0982 e. The van der Waals surface area contributed by atoms with E-state index in [2.05, 4.69) is 55.4 Å². The van der Waals surface area contributed by atoms with Crippen LogP contribution >= 0.6 is 11.3 Å². The fourth-order valence-corrected chi connectivity index (χ4v) is 2.53. The lowest BCUT2D eigenvalue weighted by Crippen LogP contribution is -2.18. The molecule has 4 heteroatoms. The van der Waals surface area contributed by atoms with E-state index in [-0.39, 0.29) is 5.41 Å². The third-order valence-corrected chi connectivity index (χ3v) is 4.03. The second-order valence-electron chi connectivity index (χ2n) is 6.08. The fourth-order valence-electron chi connectivity index (χ4n) is 1.63. The molecule has 0 aromatic carbocycles. The van der Waals surface area contributed by atoms with Crippen LogP contribution in [0, 0.1) is 0 Å². The first-order valence-electron chi connectivity index (χ1n) is 6.70. The first-order valence-corrected chi connectivity index (χ1v) is 7.58. The third kappa shape index (κ3) is 5.94. The van der Waals surface area contributed by atoms with Gasteiger partial charge in [0, 0.05) is 17.3 Å². The molecular formula is C14H27N3S. The summed E-state index contributed by atoms with van der Waals surface area (Å²) in [5.41, 5.74) is 1.35. The molecule has 0 aliphatic heterocycles. The Kier molecular flexibility index (Phi) is 6.26. The molecule has 3 nitrogen and oxygen atoms in total. The van der Waals surface area contributed by atoms with Gasteiger partial charge in [0.25, 0.3) is 0 Å². The zero-order valence-electron chi connectivity index (χ0n) is 12.4. The summed E-state index contributed by atoms with van der Waals surface area (Å²) >= 11 is 1.77. The van der Waals surface area contributed by atoms with E-state index in [0.717, 1.165) is 13.1 Å². The van der Waals surface area contributed by atoms with Crippen LogP contribution in [0.15, 0.2) is 5.38 Å². The fraction of sp³-hybridized carbons (Fsp3) is 0.786. The highest BCUT2D eigenvalue weighted by Gasteiger charge is 2.17. The van der Waals surface area contributed by atoms with Crippen molar-refractivity contribution in [2.45, 2.75) is 45.6 Å². The van der Waals surface area contributed by atoms with Crippen molar-refractivity contribution in [1.29, 1.82) is 0 Å². The van der Waals surface area contributed by atoms with Crippen molar-refractivity contribution in [3.8, 4) is 0 Å². The molecule has 1 aromatic heterocycles. The lowest BCUT2D eigenvalue weighted by molar-refractivity contribution is 0.391. The summed E-state index contributed by atoms with van der Waals surface area (Å²) in [5.74, 6) is 0. The molecular weight excluding hydrogens is 242 g/mol. The third-order valence-electron chi connectivity index (χ3n) is 2.71. The summed E-state index contributed by atoms with van der Waals surface area (Å²) < 4.78 is 0. The van der Waals surface area contributed by atoms with E-state index >= 15 is 0 Å². The molecule has 0 fully saturated rings. The minimum Gasteiger partial charge on any atom is -0.311 e. The van der Waals surface area contributed by atoms with Crippen molar-refractivity contribution in [3.05, 3.63) is 16.1 Å². The highest BCUT2D eigenvalue weighted by atomic mass is 32.1. The Morgan fingerprint density at radius 3 is 2.56 bits per heavy atom. The average Bonchev–Trinajstić information content (AvgIpc) is 2.71. The predicted molar refractivity (Wildman–Crippen MR) is 80.3 cm³/mol. The Labute approximate surface area is 116 Å². The minimum atomic E-state index is 0.175. The van der Waals surface area contributed by atoms with E-state index in [0.29, 0.717) is 0 Å². The smallest absolute Gasteiger partial charge is 0.0982 e. The molecule has 0 saturated heterocycles. The summed E-state index contributed by atoms with van der Waals surface area (Å²) in [6.45, 7) is 9.79. The monoisotopic (exact) mass is 269 g/mol. The Morgan fingerprint density at radius 1 is 1.28 bits per heavy atom. The average molecular weight is 269 g/mol. The molecule has 1 rings (SSSR count). The molecule has 1 heterocycles. The normalized spacial score (nSPS) is 12.3. The molecule has 0 radical (unpaired) electrons. The van der Waals surface area contributed by atoms with E-state index in [1.165, 1.54) is 30.1 Å². The van der Waals surface area contributed by atoms with Crippen molar-refractivity contribution in [1.82, 2.24) is 15.2 Å². The zero-order valence-corrected chi connectivity index (χ0v) is 13.2. The lowest BCUT2D eigenvalue weighted by atomic mass is 9.98. The Hall–Kier alpha value is -0.450. The van der Waals surface area contributed by atoms with Crippen LogP contribution in [0.4, 0.5) is 0 Å². The number of rotatable bonds is 7. The zero-order chi connectivity index (χ0) is 13.6. The topological polar surface area (TPSA) is 28.2 Å². The van der Waals surface area contributed by atoms with Gasteiger partial charge >= 0.3 is 0 Å². The van der Waals surface area contributed by atoms with Gasteiger partial charge < -0.3 is 10.2 Å².